The van der Waals surface area contributed by atoms with Crippen LogP contribution in [-0.4, -0.2) is 40.4 Å². The van der Waals surface area contributed by atoms with Crippen LogP contribution in [0.1, 0.15) is 29.8 Å². The number of anilines is 1. The molecular weight excluding hydrogens is 318 g/mol. The number of fused-ring (bicyclic) bond motifs is 1. The van der Waals surface area contributed by atoms with Gasteiger partial charge in [0.1, 0.15) is 17.0 Å². The summed E-state index contributed by atoms with van der Waals surface area (Å²) >= 11 is 0. The SMILES string of the molecule is O=C1CC2(CCN(C(=O)c3ccccn3)CC2)Oc2ccccc2N1. The molecule has 2 aliphatic heterocycles. The third-order valence-corrected chi connectivity index (χ3v) is 4.82. The highest BCUT2D eigenvalue weighted by molar-refractivity contribution is 5.94. The number of carbonyl (C=O) groups is 2. The second-order valence-electron chi connectivity index (χ2n) is 6.51. The van der Waals surface area contributed by atoms with E-state index < -0.39 is 5.60 Å². The van der Waals surface area contributed by atoms with E-state index in [0.29, 0.717) is 49.5 Å². The van der Waals surface area contributed by atoms with Gasteiger partial charge in [-0.2, -0.15) is 0 Å². The molecule has 0 aliphatic carbocycles. The van der Waals surface area contributed by atoms with E-state index in [1.807, 2.05) is 24.3 Å². The predicted octanol–water partition coefficient (Wildman–Crippen LogP) is 2.48. The Labute approximate surface area is 145 Å². The van der Waals surface area contributed by atoms with Crippen LogP contribution in [0.5, 0.6) is 5.75 Å². The monoisotopic (exact) mass is 337 g/mol. The summed E-state index contributed by atoms with van der Waals surface area (Å²) in [7, 11) is 0. The van der Waals surface area contributed by atoms with E-state index >= 15 is 0 Å². The van der Waals surface area contributed by atoms with E-state index in [0.717, 1.165) is 0 Å². The molecule has 6 heteroatoms. The van der Waals surface area contributed by atoms with Gasteiger partial charge in [-0.15, -0.1) is 0 Å². The highest BCUT2D eigenvalue weighted by atomic mass is 16.5. The van der Waals surface area contributed by atoms with Gasteiger partial charge in [0.25, 0.3) is 5.91 Å². The molecule has 0 radical (unpaired) electrons. The maximum absolute atomic E-state index is 12.5. The number of benzene rings is 1. The minimum absolute atomic E-state index is 0.0468. The molecule has 2 aromatic rings. The molecule has 1 N–H and O–H groups in total. The number of rotatable bonds is 1. The van der Waals surface area contributed by atoms with E-state index in [1.165, 1.54) is 0 Å². The van der Waals surface area contributed by atoms with Crippen LogP contribution >= 0.6 is 0 Å². The van der Waals surface area contributed by atoms with E-state index in [2.05, 4.69) is 10.3 Å². The Morgan fingerprint density at radius 1 is 1.12 bits per heavy atom. The van der Waals surface area contributed by atoms with Gasteiger partial charge < -0.3 is 15.0 Å². The summed E-state index contributed by atoms with van der Waals surface area (Å²) in [6, 6.07) is 12.8. The zero-order valence-corrected chi connectivity index (χ0v) is 13.8. The molecule has 1 fully saturated rings. The summed E-state index contributed by atoms with van der Waals surface area (Å²) in [6.07, 6.45) is 3.16. The van der Waals surface area contributed by atoms with Gasteiger partial charge in [-0.25, -0.2) is 0 Å². The Kier molecular flexibility index (Phi) is 3.87. The Morgan fingerprint density at radius 3 is 2.64 bits per heavy atom. The molecule has 3 heterocycles. The zero-order chi connectivity index (χ0) is 17.3. The van der Waals surface area contributed by atoms with Crippen LogP contribution in [-0.2, 0) is 4.79 Å². The molecule has 0 saturated carbocycles. The first-order chi connectivity index (χ1) is 12.2. The molecule has 1 aromatic heterocycles. The van der Waals surface area contributed by atoms with E-state index in [-0.39, 0.29) is 11.8 Å². The lowest BCUT2D eigenvalue weighted by Crippen LogP contribution is -2.50. The van der Waals surface area contributed by atoms with Crippen molar-refractivity contribution in [3.05, 3.63) is 54.4 Å². The van der Waals surface area contributed by atoms with Gasteiger partial charge in [-0.1, -0.05) is 18.2 Å². The highest BCUT2D eigenvalue weighted by Gasteiger charge is 2.42. The van der Waals surface area contributed by atoms with Crippen LogP contribution in [0, 0.1) is 0 Å². The lowest BCUT2D eigenvalue weighted by atomic mass is 9.87. The predicted molar refractivity (Wildman–Crippen MR) is 92.4 cm³/mol. The van der Waals surface area contributed by atoms with E-state index in [1.54, 1.807) is 29.3 Å². The topological polar surface area (TPSA) is 71.5 Å². The van der Waals surface area contributed by atoms with E-state index in [4.69, 9.17) is 4.74 Å². The van der Waals surface area contributed by atoms with Crippen molar-refractivity contribution in [3.63, 3.8) is 0 Å². The third kappa shape index (κ3) is 3.07. The summed E-state index contributed by atoms with van der Waals surface area (Å²) in [4.78, 5) is 30.7. The van der Waals surface area contributed by atoms with Crippen molar-refractivity contribution in [1.82, 2.24) is 9.88 Å². The number of aromatic nitrogens is 1. The Morgan fingerprint density at radius 2 is 1.88 bits per heavy atom. The number of nitrogens with zero attached hydrogens (tertiary/aromatic N) is 2. The summed E-state index contributed by atoms with van der Waals surface area (Å²) in [6.45, 7) is 1.09. The molecule has 128 valence electrons. The lowest BCUT2D eigenvalue weighted by Gasteiger charge is -2.40. The molecule has 1 saturated heterocycles. The summed E-state index contributed by atoms with van der Waals surface area (Å²) < 4.78 is 6.25. The van der Waals surface area contributed by atoms with Crippen molar-refractivity contribution in [3.8, 4) is 5.75 Å². The van der Waals surface area contributed by atoms with Crippen LogP contribution in [0.2, 0.25) is 0 Å². The van der Waals surface area contributed by atoms with Crippen molar-refractivity contribution in [2.45, 2.75) is 24.9 Å². The Bertz CT molecular complexity index is 799. The van der Waals surface area contributed by atoms with Gasteiger partial charge in [0, 0.05) is 32.1 Å². The average Bonchev–Trinajstić information content (AvgIpc) is 2.77. The zero-order valence-electron chi connectivity index (χ0n) is 13.8. The fraction of sp³-hybridized carbons (Fsp3) is 0.316. The number of piperidine rings is 1. The number of likely N-dealkylation sites (tertiary alicyclic amines) is 1. The fourth-order valence-corrected chi connectivity index (χ4v) is 3.46. The van der Waals surface area contributed by atoms with Crippen LogP contribution in [0.3, 0.4) is 0 Å². The minimum atomic E-state index is -0.558. The maximum Gasteiger partial charge on any atom is 0.272 e. The lowest BCUT2D eigenvalue weighted by molar-refractivity contribution is -0.120. The average molecular weight is 337 g/mol. The van der Waals surface area contributed by atoms with Crippen LogP contribution < -0.4 is 10.1 Å². The second kappa shape index (κ2) is 6.20. The van der Waals surface area contributed by atoms with Gasteiger partial charge in [0.05, 0.1) is 12.1 Å². The Hall–Kier alpha value is -2.89. The van der Waals surface area contributed by atoms with Crippen molar-refractivity contribution in [2.24, 2.45) is 0 Å². The van der Waals surface area contributed by atoms with Crippen molar-refractivity contribution >= 4 is 17.5 Å². The molecule has 0 bridgehead atoms. The molecule has 25 heavy (non-hydrogen) atoms. The normalized spacial score (nSPS) is 18.7. The number of hydrogen-bond acceptors (Lipinski definition) is 4. The molecule has 6 nitrogen and oxygen atoms in total. The second-order valence-corrected chi connectivity index (χ2v) is 6.51. The van der Waals surface area contributed by atoms with Crippen molar-refractivity contribution < 1.29 is 14.3 Å². The van der Waals surface area contributed by atoms with Crippen molar-refractivity contribution in [1.29, 1.82) is 0 Å². The first-order valence-corrected chi connectivity index (χ1v) is 8.43. The van der Waals surface area contributed by atoms with Gasteiger partial charge in [-0.3, -0.25) is 14.6 Å². The number of amides is 2. The molecular formula is C19H19N3O3. The number of hydrogen-bond donors (Lipinski definition) is 1. The van der Waals surface area contributed by atoms with Crippen LogP contribution in [0.4, 0.5) is 5.69 Å². The molecule has 4 rings (SSSR count). The van der Waals surface area contributed by atoms with Gasteiger partial charge in [-0.05, 0) is 24.3 Å². The molecule has 1 spiro atoms. The third-order valence-electron chi connectivity index (χ3n) is 4.82. The van der Waals surface area contributed by atoms with Crippen LogP contribution in [0.25, 0.3) is 0 Å². The van der Waals surface area contributed by atoms with Gasteiger partial charge >= 0.3 is 0 Å². The Balaban J connectivity index is 1.51. The summed E-state index contributed by atoms with van der Waals surface area (Å²) in [5.41, 5.74) is 0.595. The number of carbonyl (C=O) groups excluding carboxylic acids is 2. The summed E-state index contributed by atoms with van der Waals surface area (Å²) in [5, 5.41) is 2.90. The minimum Gasteiger partial charge on any atom is -0.484 e. The molecule has 2 aliphatic rings. The quantitative estimate of drug-likeness (QED) is 0.868. The van der Waals surface area contributed by atoms with Gasteiger partial charge in [0.15, 0.2) is 0 Å². The number of ether oxygens (including phenoxy) is 1. The highest BCUT2D eigenvalue weighted by Crippen LogP contribution is 2.38. The molecule has 1 aromatic carbocycles. The standard InChI is InChI=1S/C19H19N3O3/c23-17-13-19(25-16-7-2-1-5-14(16)21-17)8-11-22(12-9-19)18(24)15-6-3-4-10-20-15/h1-7,10H,8-9,11-13H2,(H,21,23). The van der Waals surface area contributed by atoms with Crippen molar-refractivity contribution in [2.75, 3.05) is 18.4 Å². The molecule has 0 atom stereocenters. The number of para-hydroxylation sites is 2. The van der Waals surface area contributed by atoms with Crippen LogP contribution in [0.15, 0.2) is 48.7 Å². The van der Waals surface area contributed by atoms with E-state index in [9.17, 15) is 9.59 Å². The first-order valence-electron chi connectivity index (χ1n) is 8.43. The summed E-state index contributed by atoms with van der Waals surface area (Å²) in [5.74, 6) is 0.571. The first kappa shape index (κ1) is 15.6. The largest absolute Gasteiger partial charge is 0.484 e. The smallest absolute Gasteiger partial charge is 0.272 e. The molecule has 0 unspecified atom stereocenters. The van der Waals surface area contributed by atoms with Gasteiger partial charge in [0.2, 0.25) is 5.91 Å². The maximum atomic E-state index is 12.5. The molecule has 2 amide bonds. The number of pyridine rings is 1. The fourth-order valence-electron chi connectivity index (χ4n) is 3.46. The number of nitrogens with one attached hydrogen (secondary N) is 1.